The largest absolute Gasteiger partial charge is 0.354 e. The molecule has 2 fully saturated rings. The number of pyridine rings is 1. The zero-order valence-corrected chi connectivity index (χ0v) is 11.9. The van der Waals surface area contributed by atoms with Gasteiger partial charge in [0.25, 0.3) is 0 Å². The summed E-state index contributed by atoms with van der Waals surface area (Å²) in [7, 11) is 0. The first-order valence-electron chi connectivity index (χ1n) is 7.49. The van der Waals surface area contributed by atoms with Crippen LogP contribution in [0.4, 0.5) is 5.82 Å². The Balaban J connectivity index is 1.47. The van der Waals surface area contributed by atoms with Gasteiger partial charge < -0.3 is 9.80 Å². The summed E-state index contributed by atoms with van der Waals surface area (Å²) in [5.74, 6) is 1.34. The molecule has 0 atom stereocenters. The molecule has 0 bridgehead atoms. The molecule has 0 aliphatic carbocycles. The highest BCUT2D eigenvalue weighted by atomic mass is 16.2. The molecular formula is C15H22N4O. The SMILES string of the molecule is O=C(CN1CCN(c2ccccn2)CC1)N1CCCC1. The van der Waals surface area contributed by atoms with Crippen molar-refractivity contribution in [2.45, 2.75) is 12.8 Å². The van der Waals surface area contributed by atoms with Crippen LogP contribution in [0.25, 0.3) is 0 Å². The summed E-state index contributed by atoms with van der Waals surface area (Å²) in [4.78, 5) is 23.1. The Kier molecular flexibility index (Phi) is 4.16. The maximum Gasteiger partial charge on any atom is 0.236 e. The van der Waals surface area contributed by atoms with E-state index in [1.165, 1.54) is 12.8 Å². The fourth-order valence-electron chi connectivity index (χ4n) is 2.93. The van der Waals surface area contributed by atoms with Crippen molar-refractivity contribution >= 4 is 11.7 Å². The number of carbonyl (C=O) groups is 1. The van der Waals surface area contributed by atoms with E-state index in [0.717, 1.165) is 45.1 Å². The van der Waals surface area contributed by atoms with Crippen LogP contribution in [0.15, 0.2) is 24.4 Å². The molecule has 1 aromatic heterocycles. The minimum Gasteiger partial charge on any atom is -0.354 e. The van der Waals surface area contributed by atoms with Crippen molar-refractivity contribution in [3.05, 3.63) is 24.4 Å². The predicted molar refractivity (Wildman–Crippen MR) is 78.7 cm³/mol. The molecule has 3 rings (SSSR count). The van der Waals surface area contributed by atoms with E-state index in [9.17, 15) is 4.79 Å². The van der Waals surface area contributed by atoms with Crippen LogP contribution in [-0.2, 0) is 4.79 Å². The van der Waals surface area contributed by atoms with Gasteiger partial charge in [0.15, 0.2) is 0 Å². The maximum absolute atomic E-state index is 12.1. The molecule has 0 radical (unpaired) electrons. The van der Waals surface area contributed by atoms with E-state index < -0.39 is 0 Å². The van der Waals surface area contributed by atoms with Gasteiger partial charge in [-0.15, -0.1) is 0 Å². The Morgan fingerprint density at radius 1 is 1.05 bits per heavy atom. The van der Waals surface area contributed by atoms with Crippen LogP contribution in [0.2, 0.25) is 0 Å². The summed E-state index contributed by atoms with van der Waals surface area (Å²) >= 11 is 0. The minimum absolute atomic E-state index is 0.300. The maximum atomic E-state index is 12.1. The number of hydrogen-bond donors (Lipinski definition) is 0. The van der Waals surface area contributed by atoms with Crippen molar-refractivity contribution in [1.29, 1.82) is 0 Å². The molecule has 1 amide bonds. The zero-order valence-electron chi connectivity index (χ0n) is 11.9. The van der Waals surface area contributed by atoms with Gasteiger partial charge in [0.2, 0.25) is 5.91 Å². The van der Waals surface area contributed by atoms with Crippen molar-refractivity contribution in [2.24, 2.45) is 0 Å². The molecule has 3 heterocycles. The van der Waals surface area contributed by atoms with Crippen LogP contribution in [0, 0.1) is 0 Å². The van der Waals surface area contributed by atoms with Gasteiger partial charge in [-0.25, -0.2) is 4.98 Å². The molecule has 0 spiro atoms. The quantitative estimate of drug-likeness (QED) is 0.818. The van der Waals surface area contributed by atoms with E-state index in [1.54, 1.807) is 0 Å². The first kappa shape index (κ1) is 13.4. The third-order valence-electron chi connectivity index (χ3n) is 4.16. The van der Waals surface area contributed by atoms with Gasteiger partial charge in [-0.1, -0.05) is 6.07 Å². The molecule has 5 heteroatoms. The van der Waals surface area contributed by atoms with Gasteiger partial charge in [0, 0.05) is 45.5 Å². The van der Waals surface area contributed by atoms with Gasteiger partial charge in [0.1, 0.15) is 5.82 Å². The highest BCUT2D eigenvalue weighted by Gasteiger charge is 2.23. The molecule has 5 nitrogen and oxygen atoms in total. The van der Waals surface area contributed by atoms with Crippen molar-refractivity contribution in [3.8, 4) is 0 Å². The molecule has 20 heavy (non-hydrogen) atoms. The molecule has 108 valence electrons. The van der Waals surface area contributed by atoms with E-state index in [2.05, 4.69) is 14.8 Å². The van der Waals surface area contributed by atoms with E-state index >= 15 is 0 Å². The number of nitrogens with zero attached hydrogens (tertiary/aromatic N) is 4. The molecule has 0 aromatic carbocycles. The molecular weight excluding hydrogens is 252 g/mol. The predicted octanol–water partition coefficient (Wildman–Crippen LogP) is 0.826. The summed E-state index contributed by atoms with van der Waals surface area (Å²) in [5.41, 5.74) is 0. The van der Waals surface area contributed by atoms with E-state index in [1.807, 2.05) is 29.3 Å². The lowest BCUT2D eigenvalue weighted by atomic mass is 10.3. The molecule has 0 unspecified atom stereocenters. The lowest BCUT2D eigenvalue weighted by Gasteiger charge is -2.35. The zero-order chi connectivity index (χ0) is 13.8. The van der Waals surface area contributed by atoms with Crippen LogP contribution < -0.4 is 4.90 Å². The van der Waals surface area contributed by atoms with Gasteiger partial charge >= 0.3 is 0 Å². The molecule has 0 N–H and O–H groups in total. The number of piperazine rings is 1. The Morgan fingerprint density at radius 2 is 1.80 bits per heavy atom. The van der Waals surface area contributed by atoms with Gasteiger partial charge in [0.05, 0.1) is 6.54 Å². The third kappa shape index (κ3) is 3.10. The summed E-state index contributed by atoms with van der Waals surface area (Å²) in [6.07, 6.45) is 4.16. The van der Waals surface area contributed by atoms with Crippen LogP contribution in [0.5, 0.6) is 0 Å². The van der Waals surface area contributed by atoms with E-state index in [0.29, 0.717) is 12.5 Å². The van der Waals surface area contributed by atoms with Crippen LogP contribution in [0.3, 0.4) is 0 Å². The Bertz CT molecular complexity index is 436. The second-order valence-corrected chi connectivity index (χ2v) is 5.54. The summed E-state index contributed by atoms with van der Waals surface area (Å²) in [6, 6.07) is 6.01. The third-order valence-corrected chi connectivity index (χ3v) is 4.16. The molecule has 2 saturated heterocycles. The Hall–Kier alpha value is -1.62. The second-order valence-electron chi connectivity index (χ2n) is 5.54. The van der Waals surface area contributed by atoms with Gasteiger partial charge in [-0.2, -0.15) is 0 Å². The van der Waals surface area contributed by atoms with Crippen molar-refractivity contribution < 1.29 is 4.79 Å². The number of hydrogen-bond acceptors (Lipinski definition) is 4. The molecule has 0 saturated carbocycles. The average Bonchev–Trinajstić information content (AvgIpc) is 3.03. The number of amides is 1. The fourth-order valence-corrected chi connectivity index (χ4v) is 2.93. The van der Waals surface area contributed by atoms with Crippen LogP contribution in [0.1, 0.15) is 12.8 Å². The number of aromatic nitrogens is 1. The fraction of sp³-hybridized carbons (Fsp3) is 0.600. The van der Waals surface area contributed by atoms with E-state index in [4.69, 9.17) is 0 Å². The van der Waals surface area contributed by atoms with Crippen molar-refractivity contribution in [1.82, 2.24) is 14.8 Å². The van der Waals surface area contributed by atoms with Crippen LogP contribution >= 0.6 is 0 Å². The second kappa shape index (κ2) is 6.22. The summed E-state index contributed by atoms with van der Waals surface area (Å²) in [6.45, 7) is 6.26. The topological polar surface area (TPSA) is 39.7 Å². The summed E-state index contributed by atoms with van der Waals surface area (Å²) in [5, 5.41) is 0. The standard InChI is InChI=1S/C15H22N4O/c20-15(19-7-3-4-8-19)13-17-9-11-18(12-10-17)14-5-1-2-6-16-14/h1-2,5-6H,3-4,7-13H2. The number of anilines is 1. The number of carbonyl (C=O) groups excluding carboxylic acids is 1. The first-order valence-corrected chi connectivity index (χ1v) is 7.49. The van der Waals surface area contributed by atoms with E-state index in [-0.39, 0.29) is 0 Å². The van der Waals surface area contributed by atoms with Crippen molar-refractivity contribution in [3.63, 3.8) is 0 Å². The molecule has 2 aliphatic heterocycles. The monoisotopic (exact) mass is 274 g/mol. The number of rotatable bonds is 3. The van der Waals surface area contributed by atoms with Gasteiger partial charge in [-0.3, -0.25) is 9.69 Å². The lowest BCUT2D eigenvalue weighted by molar-refractivity contribution is -0.131. The highest BCUT2D eigenvalue weighted by molar-refractivity contribution is 5.78. The molecule has 2 aliphatic rings. The highest BCUT2D eigenvalue weighted by Crippen LogP contribution is 2.13. The average molecular weight is 274 g/mol. The normalized spacial score (nSPS) is 20.4. The van der Waals surface area contributed by atoms with Crippen molar-refractivity contribution in [2.75, 3.05) is 50.7 Å². The van der Waals surface area contributed by atoms with Gasteiger partial charge in [-0.05, 0) is 25.0 Å². The Labute approximate surface area is 120 Å². The van der Waals surface area contributed by atoms with Crippen LogP contribution in [-0.4, -0.2) is 66.5 Å². The minimum atomic E-state index is 0.300. The first-order chi connectivity index (χ1) is 9.83. The smallest absolute Gasteiger partial charge is 0.236 e. The molecule has 1 aromatic rings. The number of likely N-dealkylation sites (tertiary alicyclic amines) is 1. The lowest BCUT2D eigenvalue weighted by Crippen LogP contribution is -2.50. The Morgan fingerprint density at radius 3 is 2.45 bits per heavy atom. The summed E-state index contributed by atoms with van der Waals surface area (Å²) < 4.78 is 0.